The summed E-state index contributed by atoms with van der Waals surface area (Å²) in [5.74, 6) is -0.153. The number of hydrogen-bond acceptors (Lipinski definition) is 3. The monoisotopic (exact) mass is 352 g/mol. The molecule has 1 aromatic carbocycles. The lowest BCUT2D eigenvalue weighted by Gasteiger charge is -2.24. The first-order chi connectivity index (χ1) is 9.50. The molecule has 0 aliphatic heterocycles. The molecule has 1 heterocycles. The number of halogens is 1. The van der Waals surface area contributed by atoms with Gasteiger partial charge in [-0.2, -0.15) is 0 Å². The van der Waals surface area contributed by atoms with Gasteiger partial charge in [-0.05, 0) is 47.0 Å². The zero-order valence-corrected chi connectivity index (χ0v) is 13.6. The van der Waals surface area contributed by atoms with Gasteiger partial charge in [-0.1, -0.05) is 30.3 Å². The zero-order valence-electron chi connectivity index (χ0n) is 11.2. The lowest BCUT2D eigenvalue weighted by atomic mass is 9.92. The van der Waals surface area contributed by atoms with Crippen molar-refractivity contribution >= 4 is 33.2 Å². The normalized spacial score (nSPS) is 13.8. The van der Waals surface area contributed by atoms with Gasteiger partial charge in [0.15, 0.2) is 0 Å². The molecule has 1 atom stereocenters. The first kappa shape index (κ1) is 15.2. The molecule has 20 heavy (non-hydrogen) atoms. The Bertz CT molecular complexity index is 581. The van der Waals surface area contributed by atoms with E-state index in [0.29, 0.717) is 6.54 Å². The van der Waals surface area contributed by atoms with Crippen LogP contribution in [0.15, 0.2) is 46.3 Å². The van der Waals surface area contributed by atoms with Crippen molar-refractivity contribution in [2.75, 3.05) is 6.54 Å². The van der Waals surface area contributed by atoms with Gasteiger partial charge in [0.25, 0.3) is 0 Å². The van der Waals surface area contributed by atoms with Crippen LogP contribution in [0.3, 0.4) is 0 Å². The summed E-state index contributed by atoms with van der Waals surface area (Å²) in [6, 6.07) is 13.5. The second-order valence-electron chi connectivity index (χ2n) is 4.78. The third kappa shape index (κ3) is 3.69. The van der Waals surface area contributed by atoms with Crippen LogP contribution in [-0.4, -0.2) is 12.5 Å². The van der Waals surface area contributed by atoms with Crippen LogP contribution in [0, 0.1) is 0 Å². The van der Waals surface area contributed by atoms with Crippen molar-refractivity contribution in [3.8, 4) is 0 Å². The number of nitrogens with two attached hydrogens (primary N) is 1. The van der Waals surface area contributed by atoms with E-state index in [2.05, 4.69) is 27.3 Å². The van der Waals surface area contributed by atoms with Gasteiger partial charge in [0.1, 0.15) is 5.54 Å². The molecule has 1 amide bonds. The van der Waals surface area contributed by atoms with Gasteiger partial charge in [-0.25, -0.2) is 0 Å². The number of benzene rings is 1. The van der Waals surface area contributed by atoms with Crippen molar-refractivity contribution in [1.29, 1.82) is 0 Å². The minimum Gasteiger partial charge on any atom is -0.354 e. The van der Waals surface area contributed by atoms with Gasteiger partial charge in [0, 0.05) is 11.4 Å². The Morgan fingerprint density at radius 1 is 1.30 bits per heavy atom. The minimum atomic E-state index is -1.00. The molecular formula is C15H17BrN2OS. The highest BCUT2D eigenvalue weighted by atomic mass is 79.9. The van der Waals surface area contributed by atoms with E-state index in [4.69, 9.17) is 5.73 Å². The van der Waals surface area contributed by atoms with E-state index in [1.54, 1.807) is 18.3 Å². The average Bonchev–Trinajstić information content (AvgIpc) is 2.85. The number of carbonyl (C=O) groups is 1. The second kappa shape index (κ2) is 6.52. The van der Waals surface area contributed by atoms with Gasteiger partial charge >= 0.3 is 0 Å². The van der Waals surface area contributed by atoms with E-state index in [9.17, 15) is 4.79 Å². The molecule has 106 valence electrons. The molecule has 0 bridgehead atoms. The number of nitrogens with one attached hydrogen (secondary N) is 1. The lowest BCUT2D eigenvalue weighted by Crippen LogP contribution is -2.49. The van der Waals surface area contributed by atoms with Crippen LogP contribution in [0.1, 0.15) is 17.4 Å². The highest BCUT2D eigenvalue weighted by molar-refractivity contribution is 9.11. The maximum atomic E-state index is 12.2. The summed E-state index contributed by atoms with van der Waals surface area (Å²) in [5.41, 5.74) is 5.96. The smallest absolute Gasteiger partial charge is 0.244 e. The molecule has 2 rings (SSSR count). The first-order valence-electron chi connectivity index (χ1n) is 6.37. The van der Waals surface area contributed by atoms with Crippen molar-refractivity contribution in [2.24, 2.45) is 5.73 Å². The van der Waals surface area contributed by atoms with Crippen LogP contribution >= 0.6 is 27.3 Å². The summed E-state index contributed by atoms with van der Waals surface area (Å²) < 4.78 is 1.10. The number of amides is 1. The van der Waals surface area contributed by atoms with Gasteiger partial charge in [-0.3, -0.25) is 4.79 Å². The summed E-state index contributed by atoms with van der Waals surface area (Å²) >= 11 is 5.10. The first-order valence-corrected chi connectivity index (χ1v) is 7.98. The Hall–Kier alpha value is -1.17. The van der Waals surface area contributed by atoms with Crippen LogP contribution in [0.25, 0.3) is 0 Å². The van der Waals surface area contributed by atoms with Crippen LogP contribution in [0.5, 0.6) is 0 Å². The third-order valence-corrected chi connectivity index (χ3v) is 4.81. The van der Waals surface area contributed by atoms with Crippen molar-refractivity contribution < 1.29 is 4.79 Å². The van der Waals surface area contributed by atoms with E-state index in [0.717, 1.165) is 15.8 Å². The van der Waals surface area contributed by atoms with Crippen molar-refractivity contribution in [3.05, 3.63) is 56.7 Å². The van der Waals surface area contributed by atoms with E-state index in [1.165, 1.54) is 4.88 Å². The summed E-state index contributed by atoms with van der Waals surface area (Å²) in [6.45, 7) is 2.32. The van der Waals surface area contributed by atoms with Crippen LogP contribution in [-0.2, 0) is 16.8 Å². The van der Waals surface area contributed by atoms with Gasteiger partial charge in [0.05, 0.1) is 3.79 Å². The molecule has 1 aromatic heterocycles. The molecule has 2 aromatic rings. The van der Waals surface area contributed by atoms with Gasteiger partial charge in [0.2, 0.25) is 5.91 Å². The fourth-order valence-electron chi connectivity index (χ4n) is 1.88. The van der Waals surface area contributed by atoms with Crippen molar-refractivity contribution in [1.82, 2.24) is 5.32 Å². The van der Waals surface area contributed by atoms with Gasteiger partial charge < -0.3 is 11.1 Å². The second-order valence-corrected chi connectivity index (χ2v) is 7.33. The summed E-state index contributed by atoms with van der Waals surface area (Å²) in [5, 5.41) is 2.91. The highest BCUT2D eigenvalue weighted by Crippen LogP contribution is 2.22. The number of carbonyl (C=O) groups excluding carboxylic acids is 1. The third-order valence-electron chi connectivity index (χ3n) is 3.13. The Morgan fingerprint density at radius 2 is 2.00 bits per heavy atom. The summed E-state index contributed by atoms with van der Waals surface area (Å²) in [7, 11) is 0. The quantitative estimate of drug-likeness (QED) is 0.868. The van der Waals surface area contributed by atoms with E-state index in [1.807, 2.05) is 36.4 Å². The van der Waals surface area contributed by atoms with Gasteiger partial charge in [-0.15, -0.1) is 11.3 Å². The van der Waals surface area contributed by atoms with E-state index < -0.39 is 5.54 Å². The summed E-state index contributed by atoms with van der Waals surface area (Å²) in [4.78, 5) is 13.5. The molecule has 3 nitrogen and oxygen atoms in total. The molecule has 1 unspecified atom stereocenters. The molecule has 0 aliphatic rings. The minimum absolute atomic E-state index is 0.153. The molecule has 0 aliphatic carbocycles. The molecule has 0 spiro atoms. The lowest BCUT2D eigenvalue weighted by molar-refractivity contribution is -0.126. The van der Waals surface area contributed by atoms with E-state index >= 15 is 0 Å². The summed E-state index contributed by atoms with van der Waals surface area (Å²) in [6.07, 6.45) is 0.812. The zero-order chi connectivity index (χ0) is 14.6. The molecular weight excluding hydrogens is 336 g/mol. The maximum absolute atomic E-state index is 12.2. The van der Waals surface area contributed by atoms with Crippen LogP contribution in [0.4, 0.5) is 0 Å². The molecule has 5 heteroatoms. The number of hydrogen-bond donors (Lipinski definition) is 2. The topological polar surface area (TPSA) is 55.1 Å². The Balaban J connectivity index is 1.91. The molecule has 3 N–H and O–H groups in total. The largest absolute Gasteiger partial charge is 0.354 e. The fourth-order valence-corrected chi connectivity index (χ4v) is 3.37. The fraction of sp³-hybridized carbons (Fsp3) is 0.267. The predicted octanol–water partition coefficient (Wildman–Crippen LogP) is 3.04. The number of thiophene rings is 1. The standard InChI is InChI=1S/C15H17BrN2OS/c1-15(17,11-5-3-2-4-6-11)14(19)18-10-9-12-7-8-13(16)20-12/h2-8H,9-10,17H2,1H3,(H,18,19). The Morgan fingerprint density at radius 3 is 2.60 bits per heavy atom. The Kier molecular flexibility index (Phi) is 4.96. The number of rotatable bonds is 5. The predicted molar refractivity (Wildman–Crippen MR) is 86.7 cm³/mol. The Labute approximate surface area is 131 Å². The van der Waals surface area contributed by atoms with Crippen molar-refractivity contribution in [2.45, 2.75) is 18.9 Å². The van der Waals surface area contributed by atoms with Crippen LogP contribution < -0.4 is 11.1 Å². The maximum Gasteiger partial charge on any atom is 0.244 e. The average molecular weight is 353 g/mol. The highest BCUT2D eigenvalue weighted by Gasteiger charge is 2.29. The molecule has 0 radical (unpaired) electrons. The SMILES string of the molecule is CC(N)(C(=O)NCCc1ccc(Br)s1)c1ccccc1. The van der Waals surface area contributed by atoms with Crippen molar-refractivity contribution in [3.63, 3.8) is 0 Å². The molecule has 0 fully saturated rings. The van der Waals surface area contributed by atoms with E-state index in [-0.39, 0.29) is 5.91 Å². The molecule has 0 saturated heterocycles. The molecule has 0 saturated carbocycles. The van der Waals surface area contributed by atoms with Crippen LogP contribution in [0.2, 0.25) is 0 Å².